The van der Waals surface area contributed by atoms with Crippen LogP contribution in [0.3, 0.4) is 0 Å². The van der Waals surface area contributed by atoms with Gasteiger partial charge in [0.05, 0.1) is 12.8 Å². The van der Waals surface area contributed by atoms with Crippen molar-refractivity contribution in [3.63, 3.8) is 0 Å². The predicted octanol–water partition coefficient (Wildman–Crippen LogP) is 2.34. The number of amides is 1. The summed E-state index contributed by atoms with van der Waals surface area (Å²) in [4.78, 5) is 23.6. The van der Waals surface area contributed by atoms with E-state index in [2.05, 4.69) is 17.0 Å². The van der Waals surface area contributed by atoms with Crippen LogP contribution in [0.15, 0.2) is 43.0 Å². The van der Waals surface area contributed by atoms with Crippen LogP contribution in [0.2, 0.25) is 0 Å². The van der Waals surface area contributed by atoms with Crippen LogP contribution >= 0.6 is 0 Å². The molecule has 2 rings (SSSR count). The molecule has 7 heteroatoms. The van der Waals surface area contributed by atoms with E-state index in [0.29, 0.717) is 6.42 Å². The van der Waals surface area contributed by atoms with Gasteiger partial charge in [0.2, 0.25) is 0 Å². The number of nitrogens with one attached hydrogen (secondary N) is 1. The van der Waals surface area contributed by atoms with Crippen LogP contribution in [0.1, 0.15) is 29.0 Å². The first kappa shape index (κ1) is 18.3. The Morgan fingerprint density at radius 1 is 1.40 bits per heavy atom. The van der Waals surface area contributed by atoms with Crippen LogP contribution in [0, 0.1) is 6.92 Å². The van der Waals surface area contributed by atoms with Crippen LogP contribution in [-0.4, -0.2) is 39.9 Å². The van der Waals surface area contributed by atoms with Crippen molar-refractivity contribution in [1.82, 2.24) is 15.1 Å². The lowest BCUT2D eigenvalue weighted by Gasteiger charge is -2.12. The molecule has 1 aromatic carbocycles. The van der Waals surface area contributed by atoms with E-state index in [9.17, 15) is 14.7 Å². The fourth-order valence-electron chi connectivity index (χ4n) is 2.34. The number of hydrogen-bond donors (Lipinski definition) is 2. The Bertz CT molecular complexity index is 765. The zero-order valence-electron chi connectivity index (χ0n) is 14.2. The minimum absolute atomic E-state index is 0.165. The third kappa shape index (κ3) is 4.47. The van der Waals surface area contributed by atoms with Crippen molar-refractivity contribution in [2.45, 2.75) is 25.8 Å². The molecule has 0 aliphatic carbocycles. The summed E-state index contributed by atoms with van der Waals surface area (Å²) >= 11 is 0. The molecule has 1 amide bonds. The third-order valence-corrected chi connectivity index (χ3v) is 3.70. The van der Waals surface area contributed by atoms with Crippen LogP contribution < -0.4 is 10.1 Å². The summed E-state index contributed by atoms with van der Waals surface area (Å²) in [5.41, 5.74) is 1.70. The van der Waals surface area contributed by atoms with E-state index in [1.54, 1.807) is 36.1 Å². The molecule has 1 unspecified atom stereocenters. The topological polar surface area (TPSA) is 93.5 Å². The van der Waals surface area contributed by atoms with Gasteiger partial charge >= 0.3 is 5.97 Å². The number of nitrogens with zero attached hydrogens (tertiary/aromatic N) is 2. The number of ether oxygens (including phenoxy) is 1. The highest BCUT2D eigenvalue weighted by molar-refractivity contribution is 5.95. The average molecular weight is 343 g/mol. The summed E-state index contributed by atoms with van der Waals surface area (Å²) in [5.74, 6) is -0.883. The van der Waals surface area contributed by atoms with Gasteiger partial charge in [-0.2, -0.15) is 5.10 Å². The Morgan fingerprint density at radius 2 is 2.08 bits per heavy atom. The van der Waals surface area contributed by atoms with Crippen molar-refractivity contribution in [2.75, 3.05) is 7.11 Å². The summed E-state index contributed by atoms with van der Waals surface area (Å²) in [6.07, 6.45) is 2.39. The van der Waals surface area contributed by atoms with E-state index >= 15 is 0 Å². The highest BCUT2D eigenvalue weighted by atomic mass is 16.5. The number of rotatable bonds is 8. The van der Waals surface area contributed by atoms with Crippen molar-refractivity contribution in [3.05, 3.63) is 54.4 Å². The van der Waals surface area contributed by atoms with Gasteiger partial charge in [0, 0.05) is 5.69 Å². The standard InChI is InChI=1S/C18H21N3O4/c1-4-5-6-15(18(23)24)19-17(22)16-11-12(2)21(20-16)13-7-9-14(25-3)10-8-13/h4,7-11,15H,1,5-6H2,2-3H3,(H,19,22)(H,23,24). The molecule has 132 valence electrons. The zero-order valence-corrected chi connectivity index (χ0v) is 14.2. The van der Waals surface area contributed by atoms with E-state index in [-0.39, 0.29) is 12.1 Å². The fourth-order valence-corrected chi connectivity index (χ4v) is 2.34. The molecule has 0 saturated carbocycles. The summed E-state index contributed by atoms with van der Waals surface area (Å²) in [7, 11) is 1.59. The molecule has 1 aromatic heterocycles. The molecule has 0 saturated heterocycles. The first-order chi connectivity index (χ1) is 12.0. The Balaban J connectivity index is 2.18. The number of carbonyl (C=O) groups excluding carboxylic acids is 1. The quantitative estimate of drug-likeness (QED) is 0.718. The van der Waals surface area contributed by atoms with Crippen LogP contribution in [-0.2, 0) is 4.79 Å². The van der Waals surface area contributed by atoms with E-state index in [1.165, 1.54) is 0 Å². The largest absolute Gasteiger partial charge is 0.497 e. The predicted molar refractivity (Wildman–Crippen MR) is 93.2 cm³/mol. The second-order valence-corrected chi connectivity index (χ2v) is 5.51. The second-order valence-electron chi connectivity index (χ2n) is 5.51. The SMILES string of the molecule is C=CCCC(NC(=O)c1cc(C)n(-c2ccc(OC)cc2)n1)C(=O)O. The molecule has 0 bridgehead atoms. The molecule has 1 atom stereocenters. The highest BCUT2D eigenvalue weighted by Gasteiger charge is 2.22. The number of carboxylic acid groups (broad SMARTS) is 1. The van der Waals surface area contributed by atoms with Crippen molar-refractivity contribution in [1.29, 1.82) is 0 Å². The molecule has 0 radical (unpaired) electrons. The number of hydrogen-bond acceptors (Lipinski definition) is 4. The van der Waals surface area contributed by atoms with Crippen LogP contribution in [0.4, 0.5) is 0 Å². The van der Waals surface area contributed by atoms with E-state index in [0.717, 1.165) is 17.1 Å². The van der Waals surface area contributed by atoms with Gasteiger partial charge < -0.3 is 15.2 Å². The van der Waals surface area contributed by atoms with Gasteiger partial charge in [-0.05, 0) is 50.1 Å². The van der Waals surface area contributed by atoms with Gasteiger partial charge in [0.1, 0.15) is 11.8 Å². The molecule has 25 heavy (non-hydrogen) atoms. The zero-order chi connectivity index (χ0) is 18.4. The van der Waals surface area contributed by atoms with Crippen molar-refractivity contribution in [3.8, 4) is 11.4 Å². The summed E-state index contributed by atoms with van der Waals surface area (Å²) in [6.45, 7) is 5.38. The number of carbonyl (C=O) groups is 2. The number of aliphatic carboxylic acids is 1. The number of allylic oxidation sites excluding steroid dienone is 1. The maximum absolute atomic E-state index is 12.3. The Hall–Kier alpha value is -3.09. The van der Waals surface area contributed by atoms with Gasteiger partial charge in [-0.1, -0.05) is 6.08 Å². The van der Waals surface area contributed by atoms with Gasteiger partial charge in [-0.25, -0.2) is 9.48 Å². The maximum Gasteiger partial charge on any atom is 0.326 e. The molecular weight excluding hydrogens is 322 g/mol. The van der Waals surface area contributed by atoms with E-state index in [1.807, 2.05) is 19.1 Å². The lowest BCUT2D eigenvalue weighted by molar-refractivity contribution is -0.139. The minimum Gasteiger partial charge on any atom is -0.497 e. The number of methoxy groups -OCH3 is 1. The normalized spacial score (nSPS) is 11.6. The van der Waals surface area contributed by atoms with Crippen molar-refractivity contribution >= 4 is 11.9 Å². The van der Waals surface area contributed by atoms with Gasteiger partial charge in [-0.15, -0.1) is 6.58 Å². The summed E-state index contributed by atoms with van der Waals surface area (Å²) in [6, 6.07) is 7.89. The van der Waals surface area contributed by atoms with E-state index in [4.69, 9.17) is 4.74 Å². The number of aromatic nitrogens is 2. The lowest BCUT2D eigenvalue weighted by atomic mass is 10.1. The number of carboxylic acids is 1. The molecule has 2 N–H and O–H groups in total. The van der Waals surface area contributed by atoms with Crippen LogP contribution in [0.25, 0.3) is 5.69 Å². The molecular formula is C18H21N3O4. The molecule has 0 fully saturated rings. The Morgan fingerprint density at radius 3 is 2.64 bits per heavy atom. The smallest absolute Gasteiger partial charge is 0.326 e. The molecule has 2 aromatic rings. The summed E-state index contributed by atoms with van der Waals surface area (Å²) in [5, 5.41) is 16.0. The maximum atomic E-state index is 12.3. The molecule has 0 aliphatic heterocycles. The van der Waals surface area contributed by atoms with Gasteiger partial charge in [0.15, 0.2) is 5.69 Å². The highest BCUT2D eigenvalue weighted by Crippen LogP contribution is 2.17. The molecule has 1 heterocycles. The third-order valence-electron chi connectivity index (χ3n) is 3.70. The van der Waals surface area contributed by atoms with Gasteiger partial charge in [-0.3, -0.25) is 4.79 Å². The van der Waals surface area contributed by atoms with Gasteiger partial charge in [0.25, 0.3) is 5.91 Å². The molecule has 0 aliphatic rings. The molecule has 7 nitrogen and oxygen atoms in total. The number of benzene rings is 1. The fraction of sp³-hybridized carbons (Fsp3) is 0.278. The summed E-state index contributed by atoms with van der Waals surface area (Å²) < 4.78 is 6.74. The van der Waals surface area contributed by atoms with Crippen LogP contribution in [0.5, 0.6) is 5.75 Å². The average Bonchev–Trinajstić information content (AvgIpc) is 3.00. The first-order valence-electron chi connectivity index (χ1n) is 7.82. The van der Waals surface area contributed by atoms with Crippen molar-refractivity contribution < 1.29 is 19.4 Å². The lowest BCUT2D eigenvalue weighted by Crippen LogP contribution is -2.40. The van der Waals surface area contributed by atoms with E-state index < -0.39 is 17.9 Å². The second kappa shape index (κ2) is 8.14. The Kier molecular flexibility index (Phi) is 5.94. The molecule has 0 spiro atoms. The minimum atomic E-state index is -1.08. The Labute approximate surface area is 145 Å². The monoisotopic (exact) mass is 343 g/mol. The number of aryl methyl sites for hydroxylation is 1. The van der Waals surface area contributed by atoms with Crippen molar-refractivity contribution in [2.24, 2.45) is 0 Å². The first-order valence-corrected chi connectivity index (χ1v) is 7.82.